The van der Waals surface area contributed by atoms with Crippen molar-refractivity contribution in [2.24, 2.45) is 5.92 Å². The number of likely N-dealkylation sites (tertiary alicyclic amines) is 1. The molecule has 0 bridgehead atoms. The second-order valence-corrected chi connectivity index (χ2v) is 5.62. The molecule has 1 saturated heterocycles. The smallest absolute Gasteiger partial charge is 0.0672 e. The van der Waals surface area contributed by atoms with Crippen LogP contribution in [-0.2, 0) is 0 Å². The van der Waals surface area contributed by atoms with E-state index in [2.05, 4.69) is 11.0 Å². The van der Waals surface area contributed by atoms with Gasteiger partial charge in [-0.25, -0.2) is 0 Å². The van der Waals surface area contributed by atoms with Gasteiger partial charge in [-0.3, -0.25) is 4.90 Å². The Morgan fingerprint density at radius 2 is 2.06 bits per heavy atom. The predicted molar refractivity (Wildman–Crippen MR) is 62.8 cm³/mol. The first kappa shape index (κ1) is 11.9. The van der Waals surface area contributed by atoms with Crippen LogP contribution in [0.3, 0.4) is 0 Å². The van der Waals surface area contributed by atoms with Crippen molar-refractivity contribution in [3.63, 3.8) is 0 Å². The summed E-state index contributed by atoms with van der Waals surface area (Å²) in [6, 6.07) is 2.91. The lowest BCUT2D eigenvalue weighted by atomic mass is 9.98. The van der Waals surface area contributed by atoms with Crippen molar-refractivity contribution < 1.29 is 5.11 Å². The van der Waals surface area contributed by atoms with Crippen molar-refractivity contribution in [2.45, 2.75) is 57.1 Å². The van der Waals surface area contributed by atoms with Gasteiger partial charge in [-0.15, -0.1) is 0 Å². The molecule has 1 aliphatic heterocycles. The standard InChI is InChI=1S/C13H22N2O/c1-13(16)6-3-8-15(9-7-13)12-5-2-4-11(12)10-14/h11-12,16H,2-9H2,1H3. The quantitative estimate of drug-likeness (QED) is 0.737. The van der Waals surface area contributed by atoms with Gasteiger partial charge in [-0.1, -0.05) is 6.42 Å². The van der Waals surface area contributed by atoms with Gasteiger partial charge in [0.05, 0.1) is 17.6 Å². The molecule has 16 heavy (non-hydrogen) atoms. The van der Waals surface area contributed by atoms with Gasteiger partial charge in [0, 0.05) is 12.6 Å². The molecule has 3 unspecified atom stereocenters. The summed E-state index contributed by atoms with van der Waals surface area (Å²) in [5, 5.41) is 19.2. The molecule has 90 valence electrons. The summed E-state index contributed by atoms with van der Waals surface area (Å²) in [6.45, 7) is 3.95. The highest BCUT2D eigenvalue weighted by molar-refractivity contribution is 4.98. The molecule has 0 amide bonds. The van der Waals surface area contributed by atoms with Gasteiger partial charge in [-0.05, 0) is 45.6 Å². The first-order chi connectivity index (χ1) is 7.62. The number of nitrogens with zero attached hydrogens (tertiary/aromatic N) is 2. The van der Waals surface area contributed by atoms with Crippen LogP contribution in [0.2, 0.25) is 0 Å². The van der Waals surface area contributed by atoms with E-state index in [1.54, 1.807) is 0 Å². The average molecular weight is 222 g/mol. The Bertz CT molecular complexity index is 282. The van der Waals surface area contributed by atoms with Gasteiger partial charge in [-0.2, -0.15) is 5.26 Å². The lowest BCUT2D eigenvalue weighted by molar-refractivity contribution is 0.0425. The van der Waals surface area contributed by atoms with Crippen LogP contribution in [0.25, 0.3) is 0 Å². The minimum Gasteiger partial charge on any atom is -0.390 e. The number of rotatable bonds is 1. The molecule has 0 aromatic rings. The van der Waals surface area contributed by atoms with E-state index in [0.29, 0.717) is 6.04 Å². The highest BCUT2D eigenvalue weighted by Crippen LogP contribution is 2.32. The summed E-state index contributed by atoms with van der Waals surface area (Å²) in [4.78, 5) is 2.45. The minimum absolute atomic E-state index is 0.225. The summed E-state index contributed by atoms with van der Waals surface area (Å²) in [5.74, 6) is 0.225. The van der Waals surface area contributed by atoms with Crippen LogP contribution < -0.4 is 0 Å². The van der Waals surface area contributed by atoms with Crippen LogP contribution in [0.5, 0.6) is 0 Å². The lowest BCUT2D eigenvalue weighted by Crippen LogP contribution is -2.39. The van der Waals surface area contributed by atoms with Crippen LogP contribution in [0.1, 0.15) is 45.4 Å². The number of aliphatic hydroxyl groups is 1. The van der Waals surface area contributed by atoms with Gasteiger partial charge in [0.2, 0.25) is 0 Å². The zero-order chi connectivity index (χ0) is 11.6. The van der Waals surface area contributed by atoms with Crippen molar-refractivity contribution in [3.8, 4) is 6.07 Å². The summed E-state index contributed by atoms with van der Waals surface area (Å²) in [6.07, 6.45) is 6.22. The van der Waals surface area contributed by atoms with E-state index in [9.17, 15) is 5.11 Å². The zero-order valence-corrected chi connectivity index (χ0v) is 10.2. The number of hydrogen-bond donors (Lipinski definition) is 1. The molecule has 3 atom stereocenters. The third kappa shape index (κ3) is 2.56. The highest BCUT2D eigenvalue weighted by Gasteiger charge is 2.34. The Morgan fingerprint density at radius 3 is 2.81 bits per heavy atom. The van der Waals surface area contributed by atoms with Crippen molar-refractivity contribution in [2.75, 3.05) is 13.1 Å². The third-order valence-corrected chi connectivity index (χ3v) is 4.21. The van der Waals surface area contributed by atoms with Gasteiger partial charge in [0.25, 0.3) is 0 Å². The topological polar surface area (TPSA) is 47.3 Å². The second kappa shape index (κ2) is 4.73. The first-order valence-electron chi connectivity index (χ1n) is 6.48. The van der Waals surface area contributed by atoms with E-state index < -0.39 is 5.60 Å². The van der Waals surface area contributed by atoms with Gasteiger partial charge >= 0.3 is 0 Å². The predicted octanol–water partition coefficient (Wildman–Crippen LogP) is 1.92. The molecule has 2 rings (SSSR count). The molecule has 1 aliphatic carbocycles. The summed E-state index contributed by atoms with van der Waals surface area (Å²) in [5.41, 5.74) is -0.491. The first-order valence-corrected chi connectivity index (χ1v) is 6.48. The Labute approximate surface area is 98.1 Å². The van der Waals surface area contributed by atoms with E-state index in [-0.39, 0.29) is 5.92 Å². The molecule has 0 aromatic carbocycles. The molecule has 0 aromatic heterocycles. The molecule has 1 heterocycles. The fraction of sp³-hybridized carbons (Fsp3) is 0.923. The number of hydrogen-bond acceptors (Lipinski definition) is 3. The van der Waals surface area contributed by atoms with Crippen molar-refractivity contribution >= 4 is 0 Å². The average Bonchev–Trinajstić information content (AvgIpc) is 2.63. The maximum Gasteiger partial charge on any atom is 0.0672 e. The van der Waals surface area contributed by atoms with Crippen LogP contribution in [-0.4, -0.2) is 34.7 Å². The van der Waals surface area contributed by atoms with Crippen LogP contribution in [0, 0.1) is 17.2 Å². The second-order valence-electron chi connectivity index (χ2n) is 5.62. The highest BCUT2D eigenvalue weighted by atomic mass is 16.3. The minimum atomic E-state index is -0.491. The van der Waals surface area contributed by atoms with Crippen LogP contribution in [0.4, 0.5) is 0 Å². The Hall–Kier alpha value is -0.590. The van der Waals surface area contributed by atoms with Crippen LogP contribution in [0.15, 0.2) is 0 Å². The zero-order valence-electron chi connectivity index (χ0n) is 10.2. The molecule has 3 nitrogen and oxygen atoms in total. The van der Waals surface area contributed by atoms with E-state index in [1.807, 2.05) is 6.92 Å². The monoisotopic (exact) mass is 222 g/mol. The van der Waals surface area contributed by atoms with E-state index in [0.717, 1.165) is 38.8 Å². The summed E-state index contributed by atoms with van der Waals surface area (Å²) < 4.78 is 0. The molecule has 2 fully saturated rings. The van der Waals surface area contributed by atoms with Gasteiger partial charge in [0.1, 0.15) is 0 Å². The molecule has 2 aliphatic rings. The SMILES string of the molecule is CC1(O)CCCN(C2CCCC2C#N)CC1. The van der Waals surface area contributed by atoms with Crippen LogP contribution >= 0.6 is 0 Å². The molecule has 1 saturated carbocycles. The van der Waals surface area contributed by atoms with Gasteiger partial charge in [0.15, 0.2) is 0 Å². The Morgan fingerprint density at radius 1 is 1.25 bits per heavy atom. The maximum atomic E-state index is 10.0. The van der Waals surface area contributed by atoms with Crippen molar-refractivity contribution in [1.82, 2.24) is 4.90 Å². The molecular weight excluding hydrogens is 200 g/mol. The Kier molecular flexibility index (Phi) is 3.51. The van der Waals surface area contributed by atoms with Gasteiger partial charge < -0.3 is 5.11 Å². The summed E-state index contributed by atoms with van der Waals surface area (Å²) >= 11 is 0. The van der Waals surface area contributed by atoms with E-state index in [4.69, 9.17) is 5.26 Å². The normalized spacial score (nSPS) is 41.6. The molecule has 0 radical (unpaired) electrons. The Balaban J connectivity index is 1.97. The molecule has 0 spiro atoms. The molecule has 1 N–H and O–H groups in total. The largest absolute Gasteiger partial charge is 0.390 e. The van der Waals surface area contributed by atoms with Crippen molar-refractivity contribution in [3.05, 3.63) is 0 Å². The fourth-order valence-corrected chi connectivity index (χ4v) is 3.14. The molecular formula is C13H22N2O. The fourth-order valence-electron chi connectivity index (χ4n) is 3.14. The van der Waals surface area contributed by atoms with E-state index in [1.165, 1.54) is 12.8 Å². The summed E-state index contributed by atoms with van der Waals surface area (Å²) in [7, 11) is 0. The molecule has 3 heteroatoms. The van der Waals surface area contributed by atoms with E-state index >= 15 is 0 Å². The maximum absolute atomic E-state index is 10.0. The number of nitriles is 1. The van der Waals surface area contributed by atoms with Crippen molar-refractivity contribution in [1.29, 1.82) is 5.26 Å². The lowest BCUT2D eigenvalue weighted by Gasteiger charge is -2.29. The third-order valence-electron chi connectivity index (χ3n) is 4.21.